The maximum absolute atomic E-state index is 12.3. The summed E-state index contributed by atoms with van der Waals surface area (Å²) < 4.78 is 28.9. The summed E-state index contributed by atoms with van der Waals surface area (Å²) in [6.07, 6.45) is 8.20. The summed E-state index contributed by atoms with van der Waals surface area (Å²) in [4.78, 5) is 12.3. The minimum absolute atomic E-state index is 0.159. The number of rotatable bonds is 8. The van der Waals surface area contributed by atoms with Crippen molar-refractivity contribution in [3.8, 4) is 11.3 Å². The molecule has 0 aliphatic heterocycles. The number of nitrogens with one attached hydrogen (secondary N) is 1. The Hall–Kier alpha value is -2.93. The fraction of sp³-hybridized carbons (Fsp3) is 0.200. The zero-order chi connectivity index (χ0) is 20.9. The predicted molar refractivity (Wildman–Crippen MR) is 110 cm³/mol. The van der Waals surface area contributed by atoms with Gasteiger partial charge in [0.1, 0.15) is 0 Å². The summed E-state index contributed by atoms with van der Waals surface area (Å²) in [6.45, 7) is 0. The van der Waals surface area contributed by atoms with Crippen LogP contribution in [0.1, 0.15) is 11.1 Å². The summed E-state index contributed by atoms with van der Waals surface area (Å²) in [5.41, 5.74) is 3.94. The molecule has 0 atom stereocenters. The Kier molecular flexibility index (Phi) is 6.49. The van der Waals surface area contributed by atoms with E-state index in [-0.39, 0.29) is 12.1 Å². The van der Waals surface area contributed by atoms with Gasteiger partial charge in [-0.15, -0.1) is 0 Å². The van der Waals surface area contributed by atoms with E-state index in [1.165, 1.54) is 20.3 Å². The van der Waals surface area contributed by atoms with E-state index in [0.717, 1.165) is 22.4 Å². The Bertz CT molecular complexity index is 1030. The van der Waals surface area contributed by atoms with Gasteiger partial charge >= 0.3 is 7.60 Å². The Balaban J connectivity index is 1.65. The topological polar surface area (TPSA) is 95.6 Å². The first-order chi connectivity index (χ1) is 13.9. The van der Waals surface area contributed by atoms with Gasteiger partial charge in [-0.25, -0.2) is 0 Å². The molecular weight excluding hydrogens is 393 g/mol. The van der Waals surface area contributed by atoms with Crippen LogP contribution in [-0.2, 0) is 31.6 Å². The van der Waals surface area contributed by atoms with Gasteiger partial charge in [-0.2, -0.15) is 5.10 Å². The standard InChI is InChI=1S/C20H22N3O5P/c1-23-20(17-10-11-28-13-17)16(12-21-23)6-9-19(24)22-18-7-4-15(5-8-18)14-29(25,26-2)27-3/h4-13H,14H2,1-3H3,(H,22,24). The maximum atomic E-state index is 12.3. The number of hydrogen-bond acceptors (Lipinski definition) is 6. The number of anilines is 1. The molecule has 2 heterocycles. The summed E-state index contributed by atoms with van der Waals surface area (Å²) >= 11 is 0. The van der Waals surface area contributed by atoms with Crippen LogP contribution in [0.15, 0.2) is 59.5 Å². The van der Waals surface area contributed by atoms with Crippen molar-refractivity contribution in [1.29, 1.82) is 0 Å². The van der Waals surface area contributed by atoms with Crippen LogP contribution in [-0.4, -0.2) is 29.9 Å². The molecule has 0 spiro atoms. The van der Waals surface area contributed by atoms with E-state index in [2.05, 4.69) is 10.4 Å². The average molecular weight is 415 g/mol. The Morgan fingerprint density at radius 3 is 2.59 bits per heavy atom. The Labute approximate surface area is 168 Å². The van der Waals surface area contributed by atoms with Crippen LogP contribution < -0.4 is 5.32 Å². The third kappa shape index (κ3) is 5.12. The number of benzene rings is 1. The molecule has 0 unspecified atom stereocenters. The average Bonchev–Trinajstić information content (AvgIpc) is 3.37. The zero-order valence-corrected chi connectivity index (χ0v) is 17.3. The molecule has 2 aromatic heterocycles. The van der Waals surface area contributed by atoms with Crippen LogP contribution in [0.3, 0.4) is 0 Å². The summed E-state index contributed by atoms with van der Waals surface area (Å²) in [6, 6.07) is 8.84. The van der Waals surface area contributed by atoms with E-state index >= 15 is 0 Å². The first-order valence-corrected chi connectivity index (χ1v) is 10.5. The minimum atomic E-state index is -3.13. The highest BCUT2D eigenvalue weighted by Gasteiger charge is 2.21. The molecule has 1 aromatic carbocycles. The van der Waals surface area contributed by atoms with Crippen molar-refractivity contribution >= 4 is 25.3 Å². The number of aromatic nitrogens is 2. The van der Waals surface area contributed by atoms with E-state index in [9.17, 15) is 9.36 Å². The molecule has 1 amide bonds. The lowest BCUT2D eigenvalue weighted by Crippen LogP contribution is -2.07. The van der Waals surface area contributed by atoms with Gasteiger partial charge in [0.25, 0.3) is 0 Å². The fourth-order valence-electron chi connectivity index (χ4n) is 2.80. The molecule has 3 rings (SSSR count). The maximum Gasteiger partial charge on any atom is 0.334 e. The summed E-state index contributed by atoms with van der Waals surface area (Å²) in [5.74, 6) is -0.279. The van der Waals surface area contributed by atoms with Gasteiger partial charge < -0.3 is 18.8 Å². The van der Waals surface area contributed by atoms with E-state index in [4.69, 9.17) is 13.5 Å². The van der Waals surface area contributed by atoms with Crippen molar-refractivity contribution in [3.05, 3.63) is 66.3 Å². The van der Waals surface area contributed by atoms with Crippen LogP contribution >= 0.6 is 7.60 Å². The first-order valence-electron chi connectivity index (χ1n) is 8.77. The second kappa shape index (κ2) is 9.05. The largest absolute Gasteiger partial charge is 0.472 e. The summed E-state index contributed by atoms with van der Waals surface area (Å²) in [5, 5.41) is 7.02. The third-order valence-electron chi connectivity index (χ3n) is 4.33. The molecule has 8 nitrogen and oxygen atoms in total. The second-order valence-electron chi connectivity index (χ2n) is 6.24. The molecule has 0 aliphatic carbocycles. The highest BCUT2D eigenvalue weighted by Crippen LogP contribution is 2.49. The van der Waals surface area contributed by atoms with E-state index in [1.54, 1.807) is 53.7 Å². The molecule has 0 aliphatic rings. The van der Waals surface area contributed by atoms with Crippen LogP contribution in [0.25, 0.3) is 17.3 Å². The number of nitrogens with zero attached hydrogens (tertiary/aromatic N) is 2. The highest BCUT2D eigenvalue weighted by atomic mass is 31.2. The van der Waals surface area contributed by atoms with Crippen molar-refractivity contribution < 1.29 is 22.8 Å². The quantitative estimate of drug-likeness (QED) is 0.435. The van der Waals surface area contributed by atoms with Crippen molar-refractivity contribution in [2.24, 2.45) is 7.05 Å². The molecule has 1 N–H and O–H groups in total. The van der Waals surface area contributed by atoms with Gasteiger partial charge in [-0.05, 0) is 29.8 Å². The van der Waals surface area contributed by atoms with Crippen LogP contribution in [0.5, 0.6) is 0 Å². The van der Waals surface area contributed by atoms with Crippen molar-refractivity contribution in [1.82, 2.24) is 9.78 Å². The number of carbonyl (C=O) groups is 1. The number of furan rings is 1. The van der Waals surface area contributed by atoms with E-state index in [0.29, 0.717) is 5.69 Å². The molecule has 0 radical (unpaired) electrons. The number of aryl methyl sites for hydroxylation is 1. The summed E-state index contributed by atoms with van der Waals surface area (Å²) in [7, 11) is 1.40. The first kappa shape index (κ1) is 20.8. The van der Waals surface area contributed by atoms with Gasteiger partial charge in [0.15, 0.2) is 0 Å². The van der Waals surface area contributed by atoms with Gasteiger partial charge in [0.2, 0.25) is 5.91 Å². The van der Waals surface area contributed by atoms with Gasteiger partial charge in [0.05, 0.1) is 30.6 Å². The number of amides is 1. The third-order valence-corrected chi connectivity index (χ3v) is 6.20. The smallest absolute Gasteiger partial charge is 0.334 e. The van der Waals surface area contributed by atoms with Gasteiger partial charge in [-0.1, -0.05) is 12.1 Å². The number of hydrogen-bond donors (Lipinski definition) is 1. The van der Waals surface area contributed by atoms with E-state index in [1.807, 2.05) is 13.1 Å². The second-order valence-corrected chi connectivity index (χ2v) is 8.51. The van der Waals surface area contributed by atoms with Crippen LogP contribution in [0, 0.1) is 0 Å². The normalized spacial score (nSPS) is 11.8. The Morgan fingerprint density at radius 2 is 1.97 bits per heavy atom. The SMILES string of the molecule is COP(=O)(Cc1ccc(NC(=O)C=Cc2cnn(C)c2-c2ccoc2)cc1)OC. The van der Waals surface area contributed by atoms with Crippen LogP contribution in [0.4, 0.5) is 5.69 Å². The highest BCUT2D eigenvalue weighted by molar-refractivity contribution is 7.52. The molecule has 0 saturated heterocycles. The minimum Gasteiger partial charge on any atom is -0.472 e. The molecule has 29 heavy (non-hydrogen) atoms. The lowest BCUT2D eigenvalue weighted by molar-refractivity contribution is -0.111. The van der Waals surface area contributed by atoms with Gasteiger partial charge in [-0.3, -0.25) is 14.0 Å². The van der Waals surface area contributed by atoms with Crippen molar-refractivity contribution in [3.63, 3.8) is 0 Å². The predicted octanol–water partition coefficient (Wildman–Crippen LogP) is 4.32. The molecule has 0 saturated carbocycles. The molecule has 0 fully saturated rings. The van der Waals surface area contributed by atoms with Crippen LogP contribution in [0.2, 0.25) is 0 Å². The fourth-order valence-corrected chi connectivity index (χ4v) is 3.86. The molecule has 3 aromatic rings. The molecular formula is C20H22N3O5P. The lowest BCUT2D eigenvalue weighted by Gasteiger charge is -2.13. The zero-order valence-electron chi connectivity index (χ0n) is 16.4. The molecule has 0 bridgehead atoms. The molecule has 152 valence electrons. The van der Waals surface area contributed by atoms with Crippen molar-refractivity contribution in [2.45, 2.75) is 6.16 Å². The lowest BCUT2D eigenvalue weighted by atomic mass is 10.1. The monoisotopic (exact) mass is 415 g/mol. The van der Waals surface area contributed by atoms with Crippen molar-refractivity contribution in [2.75, 3.05) is 19.5 Å². The Morgan fingerprint density at radius 1 is 1.24 bits per heavy atom. The van der Waals surface area contributed by atoms with Gasteiger partial charge in [0, 0.05) is 44.2 Å². The van der Waals surface area contributed by atoms with E-state index < -0.39 is 7.60 Å². The number of carbonyl (C=O) groups excluding carboxylic acids is 1. The molecule has 9 heteroatoms.